The van der Waals surface area contributed by atoms with Crippen LogP contribution < -0.4 is 10.2 Å². The van der Waals surface area contributed by atoms with Gasteiger partial charge in [-0.05, 0) is 70.6 Å². The number of rotatable bonds is 43. The molecule has 0 aromatic carbocycles. The Kier molecular flexibility index (Phi) is 39.8. The summed E-state index contributed by atoms with van der Waals surface area (Å²) in [6.45, 7) is 4.59. The fourth-order valence-electron chi connectivity index (χ4n) is 6.65. The molecule has 0 rings (SSSR count). The van der Waals surface area contributed by atoms with Crippen LogP contribution in [0, 0.1) is 0 Å². The highest BCUT2D eigenvalue weighted by Crippen LogP contribution is 2.38. The number of allylic oxidation sites excluding steroid dienone is 7. The van der Waals surface area contributed by atoms with Crippen LogP contribution in [0.4, 0.5) is 0 Å². The third kappa shape index (κ3) is 42.6. The third-order valence-electron chi connectivity index (χ3n) is 10.5. The molecular formula is C49H93N2O6P. The molecule has 8 nitrogen and oxygen atoms in total. The number of nitrogens with one attached hydrogen (secondary N) is 1. The van der Waals surface area contributed by atoms with Crippen LogP contribution in [0.2, 0.25) is 0 Å². The summed E-state index contributed by atoms with van der Waals surface area (Å²) in [5.41, 5.74) is 0. The highest BCUT2D eigenvalue weighted by molar-refractivity contribution is 7.45. The van der Waals surface area contributed by atoms with Crippen molar-refractivity contribution < 1.29 is 32.9 Å². The van der Waals surface area contributed by atoms with Gasteiger partial charge in [0.05, 0.1) is 39.9 Å². The number of aliphatic hydroxyl groups excluding tert-OH is 1. The van der Waals surface area contributed by atoms with Gasteiger partial charge >= 0.3 is 0 Å². The van der Waals surface area contributed by atoms with Gasteiger partial charge in [-0.15, -0.1) is 0 Å². The van der Waals surface area contributed by atoms with Gasteiger partial charge in [-0.1, -0.05) is 178 Å². The van der Waals surface area contributed by atoms with Crippen molar-refractivity contribution in [1.29, 1.82) is 0 Å². The molecule has 0 aliphatic carbocycles. The molecular weight excluding hydrogens is 744 g/mol. The monoisotopic (exact) mass is 837 g/mol. The first-order valence-electron chi connectivity index (χ1n) is 24.0. The Labute approximate surface area is 359 Å². The molecule has 0 aromatic heterocycles. The molecule has 0 heterocycles. The van der Waals surface area contributed by atoms with Crippen LogP contribution in [0.5, 0.6) is 0 Å². The Morgan fingerprint density at radius 2 is 0.966 bits per heavy atom. The van der Waals surface area contributed by atoms with E-state index in [1.54, 1.807) is 6.08 Å². The largest absolute Gasteiger partial charge is 0.756 e. The smallest absolute Gasteiger partial charge is 0.268 e. The van der Waals surface area contributed by atoms with Crippen molar-refractivity contribution >= 4 is 13.7 Å². The molecule has 3 atom stereocenters. The Hall–Kier alpha value is -1.54. The lowest BCUT2D eigenvalue weighted by molar-refractivity contribution is -0.870. The Morgan fingerprint density at radius 3 is 1.40 bits per heavy atom. The van der Waals surface area contributed by atoms with Gasteiger partial charge in [0.2, 0.25) is 5.91 Å². The van der Waals surface area contributed by atoms with Gasteiger partial charge in [0, 0.05) is 6.42 Å². The van der Waals surface area contributed by atoms with Crippen LogP contribution in [-0.4, -0.2) is 68.5 Å². The minimum Gasteiger partial charge on any atom is -0.756 e. The summed E-state index contributed by atoms with van der Waals surface area (Å²) in [5, 5.41) is 13.8. The molecule has 0 fully saturated rings. The van der Waals surface area contributed by atoms with Gasteiger partial charge in [-0.2, -0.15) is 0 Å². The number of phosphoric ester groups is 1. The maximum atomic E-state index is 12.8. The summed E-state index contributed by atoms with van der Waals surface area (Å²) in [5.74, 6) is -0.229. The number of phosphoric acid groups is 1. The highest BCUT2D eigenvalue weighted by atomic mass is 31.2. The maximum Gasteiger partial charge on any atom is 0.268 e. The Bertz CT molecular complexity index is 1090. The maximum absolute atomic E-state index is 12.8. The predicted molar refractivity (Wildman–Crippen MR) is 247 cm³/mol. The van der Waals surface area contributed by atoms with Crippen molar-refractivity contribution in [2.45, 2.75) is 219 Å². The summed E-state index contributed by atoms with van der Waals surface area (Å²) in [6.07, 6.45) is 51.7. The molecule has 0 spiro atoms. The molecule has 1 amide bonds. The topological polar surface area (TPSA) is 108 Å². The molecule has 0 aromatic rings. The van der Waals surface area contributed by atoms with Gasteiger partial charge < -0.3 is 28.8 Å². The second-order valence-corrected chi connectivity index (χ2v) is 18.8. The number of aliphatic hydroxyl groups is 1. The van der Waals surface area contributed by atoms with E-state index in [2.05, 4.69) is 55.6 Å². The molecule has 0 bridgehead atoms. The van der Waals surface area contributed by atoms with Crippen molar-refractivity contribution in [1.82, 2.24) is 5.32 Å². The van der Waals surface area contributed by atoms with Crippen LogP contribution >= 0.6 is 7.82 Å². The van der Waals surface area contributed by atoms with Crippen molar-refractivity contribution in [3.8, 4) is 0 Å². The number of amides is 1. The summed E-state index contributed by atoms with van der Waals surface area (Å²) in [7, 11) is 1.22. The summed E-state index contributed by atoms with van der Waals surface area (Å²) < 4.78 is 23.2. The van der Waals surface area contributed by atoms with Gasteiger partial charge in [0.1, 0.15) is 13.2 Å². The number of likely N-dealkylation sites (N-methyl/N-ethyl adjacent to an activating group) is 1. The van der Waals surface area contributed by atoms with Gasteiger partial charge in [-0.3, -0.25) is 9.36 Å². The zero-order chi connectivity index (χ0) is 42.8. The Morgan fingerprint density at radius 1 is 0.586 bits per heavy atom. The van der Waals surface area contributed by atoms with Crippen molar-refractivity contribution in [2.75, 3.05) is 40.9 Å². The molecule has 0 aliphatic rings. The van der Waals surface area contributed by atoms with E-state index < -0.39 is 26.6 Å². The number of carbonyl (C=O) groups excluding carboxylic acids is 1. The van der Waals surface area contributed by atoms with E-state index in [1.807, 2.05) is 27.2 Å². The van der Waals surface area contributed by atoms with Crippen LogP contribution in [0.3, 0.4) is 0 Å². The standard InChI is InChI=1S/C49H93N2O6P/c1-6-8-10-12-14-16-18-20-21-22-23-24-25-26-27-28-29-31-32-34-36-38-40-42-48(52)47(46-57-58(54,55)56-45-44-51(3,4)5)50-49(53)43-41-39-37-35-33-30-19-17-15-13-11-9-7-2/h27-28,30,32-34,40,42,47-48,52H,6-26,29,31,35-39,41,43-46H2,1-5H3,(H-,50,53,54,55)/b28-27+,33-30-,34-32+,42-40+. The predicted octanol–water partition coefficient (Wildman–Crippen LogP) is 13.0. The van der Waals surface area contributed by atoms with E-state index in [-0.39, 0.29) is 12.5 Å². The lowest BCUT2D eigenvalue weighted by Crippen LogP contribution is -2.45. The average molecular weight is 837 g/mol. The van der Waals surface area contributed by atoms with Crippen molar-refractivity contribution in [3.05, 3.63) is 48.6 Å². The highest BCUT2D eigenvalue weighted by Gasteiger charge is 2.23. The first-order chi connectivity index (χ1) is 28.0. The molecule has 0 saturated heterocycles. The van der Waals surface area contributed by atoms with Crippen LogP contribution in [0.25, 0.3) is 0 Å². The Balaban J connectivity index is 4.43. The van der Waals surface area contributed by atoms with E-state index in [9.17, 15) is 19.4 Å². The molecule has 0 saturated carbocycles. The summed E-state index contributed by atoms with van der Waals surface area (Å²) in [4.78, 5) is 25.3. The number of nitrogens with zero attached hydrogens (tertiary/aromatic N) is 1. The van der Waals surface area contributed by atoms with Gasteiger partial charge in [0.15, 0.2) is 0 Å². The minimum atomic E-state index is -4.60. The van der Waals surface area contributed by atoms with Crippen molar-refractivity contribution in [3.63, 3.8) is 0 Å². The summed E-state index contributed by atoms with van der Waals surface area (Å²) >= 11 is 0. The van der Waals surface area contributed by atoms with Crippen molar-refractivity contribution in [2.24, 2.45) is 0 Å². The minimum absolute atomic E-state index is 0.0126. The lowest BCUT2D eigenvalue weighted by atomic mass is 10.0. The van der Waals surface area contributed by atoms with Gasteiger partial charge in [-0.25, -0.2) is 0 Å². The van der Waals surface area contributed by atoms with Crippen LogP contribution in [0.1, 0.15) is 206 Å². The average Bonchev–Trinajstić information content (AvgIpc) is 3.17. The molecule has 2 N–H and O–H groups in total. The van der Waals surface area contributed by atoms with E-state index in [1.165, 1.54) is 128 Å². The van der Waals surface area contributed by atoms with E-state index in [4.69, 9.17) is 9.05 Å². The molecule has 340 valence electrons. The number of carbonyl (C=O) groups is 1. The summed E-state index contributed by atoms with van der Waals surface area (Å²) in [6, 6.07) is -0.917. The number of hydrogen-bond donors (Lipinski definition) is 2. The van der Waals surface area contributed by atoms with E-state index >= 15 is 0 Å². The number of hydrogen-bond acceptors (Lipinski definition) is 6. The second-order valence-electron chi connectivity index (χ2n) is 17.4. The van der Waals surface area contributed by atoms with Gasteiger partial charge in [0.25, 0.3) is 7.82 Å². The molecule has 3 unspecified atom stereocenters. The molecule has 58 heavy (non-hydrogen) atoms. The second kappa shape index (κ2) is 40.8. The quantitative estimate of drug-likeness (QED) is 0.0274. The number of unbranched alkanes of at least 4 members (excludes halogenated alkanes) is 24. The molecule has 9 heteroatoms. The number of quaternary nitrogens is 1. The molecule has 0 radical (unpaired) electrons. The molecule has 0 aliphatic heterocycles. The fraction of sp³-hybridized carbons (Fsp3) is 0.816. The normalized spacial score (nSPS) is 14.7. The first kappa shape index (κ1) is 56.5. The zero-order valence-corrected chi connectivity index (χ0v) is 39.4. The first-order valence-corrected chi connectivity index (χ1v) is 25.5. The van der Waals surface area contributed by atoms with Crippen LogP contribution in [0.15, 0.2) is 48.6 Å². The third-order valence-corrected chi connectivity index (χ3v) is 11.5. The van der Waals surface area contributed by atoms with Crippen LogP contribution in [-0.2, 0) is 18.4 Å². The van der Waals surface area contributed by atoms with E-state index in [0.717, 1.165) is 57.8 Å². The zero-order valence-electron chi connectivity index (χ0n) is 38.5. The SMILES string of the molecule is CCCCCCCC/C=C\CCCCCC(=O)NC(COP(=O)([O-])OCC[N+](C)(C)C)C(O)/C=C/CC/C=C/CC/C=C/CCCCCCCCCCCCCCC. The van der Waals surface area contributed by atoms with E-state index in [0.29, 0.717) is 17.4 Å². The lowest BCUT2D eigenvalue weighted by Gasteiger charge is -2.29. The fourth-order valence-corrected chi connectivity index (χ4v) is 7.37.